The minimum atomic E-state index is -0.408. The van der Waals surface area contributed by atoms with Gasteiger partial charge >= 0.3 is 0 Å². The van der Waals surface area contributed by atoms with Crippen molar-refractivity contribution in [3.63, 3.8) is 0 Å². The van der Waals surface area contributed by atoms with Crippen LogP contribution in [0.15, 0.2) is 71.8 Å². The van der Waals surface area contributed by atoms with Crippen LogP contribution >= 0.6 is 0 Å². The fourth-order valence-corrected chi connectivity index (χ4v) is 2.77. The molecule has 0 radical (unpaired) electrons. The van der Waals surface area contributed by atoms with Crippen molar-refractivity contribution in [3.05, 3.63) is 93.5 Å². The zero-order chi connectivity index (χ0) is 20.6. The molecule has 0 heterocycles. The summed E-state index contributed by atoms with van der Waals surface area (Å²) >= 11 is 0. The van der Waals surface area contributed by atoms with E-state index < -0.39 is 4.92 Å². The molecule has 0 aromatic heterocycles. The first-order valence-electron chi connectivity index (χ1n) is 8.95. The highest BCUT2D eigenvalue weighted by atomic mass is 16.6. The largest absolute Gasteiger partial charge is 0.496 e. The van der Waals surface area contributed by atoms with E-state index in [0.717, 1.165) is 16.8 Å². The first-order valence-corrected chi connectivity index (χ1v) is 8.95. The van der Waals surface area contributed by atoms with Gasteiger partial charge < -0.3 is 9.47 Å². The minimum absolute atomic E-state index is 0.0686. The Morgan fingerprint density at radius 3 is 2.59 bits per heavy atom. The molecule has 7 nitrogen and oxygen atoms in total. The van der Waals surface area contributed by atoms with Crippen molar-refractivity contribution in [2.24, 2.45) is 5.10 Å². The lowest BCUT2D eigenvalue weighted by atomic mass is 10.1. The number of ether oxygens (including phenoxy) is 2. The highest BCUT2D eigenvalue weighted by molar-refractivity contribution is 5.81. The number of hydrogen-bond donors (Lipinski definition) is 1. The summed E-state index contributed by atoms with van der Waals surface area (Å²) in [4.78, 5) is 10.5. The maximum absolute atomic E-state index is 10.9. The molecule has 29 heavy (non-hydrogen) atoms. The van der Waals surface area contributed by atoms with Gasteiger partial charge in [0.1, 0.15) is 18.1 Å². The van der Waals surface area contributed by atoms with Gasteiger partial charge in [-0.15, -0.1) is 0 Å². The van der Waals surface area contributed by atoms with Crippen LogP contribution < -0.4 is 14.9 Å². The van der Waals surface area contributed by atoms with Gasteiger partial charge in [-0.05, 0) is 55.0 Å². The molecular formula is C22H21N3O4. The lowest BCUT2D eigenvalue weighted by Gasteiger charge is -2.11. The molecule has 0 aliphatic heterocycles. The predicted molar refractivity (Wildman–Crippen MR) is 113 cm³/mol. The maximum Gasteiger partial charge on any atom is 0.272 e. The predicted octanol–water partition coefficient (Wildman–Crippen LogP) is 4.94. The number of aryl methyl sites for hydroxylation is 1. The molecule has 148 valence electrons. The Morgan fingerprint density at radius 1 is 1.10 bits per heavy atom. The van der Waals surface area contributed by atoms with Crippen LogP contribution in [0.4, 0.5) is 11.4 Å². The molecule has 0 unspecified atom stereocenters. The summed E-state index contributed by atoms with van der Waals surface area (Å²) < 4.78 is 11.2. The smallest absolute Gasteiger partial charge is 0.272 e. The molecule has 0 saturated carbocycles. The highest BCUT2D eigenvalue weighted by Gasteiger charge is 2.11. The summed E-state index contributed by atoms with van der Waals surface area (Å²) in [5.74, 6) is 1.25. The molecule has 0 bridgehead atoms. The number of anilines is 1. The Hall–Kier alpha value is -3.87. The second-order valence-electron chi connectivity index (χ2n) is 6.30. The standard InChI is InChI=1S/C22H21N3O4/c1-16-12-20(9-10-21(16)25(26)27)29-15-18-13-17(8-11-22(18)28-2)14-23-24-19-6-4-3-5-7-19/h3-14,24H,15H2,1-2H3. The average Bonchev–Trinajstić information content (AvgIpc) is 2.73. The van der Waals surface area contributed by atoms with E-state index in [9.17, 15) is 10.1 Å². The van der Waals surface area contributed by atoms with Gasteiger partial charge in [-0.1, -0.05) is 18.2 Å². The Kier molecular flexibility index (Phi) is 6.42. The van der Waals surface area contributed by atoms with Gasteiger partial charge in [0.05, 0.1) is 23.9 Å². The number of hydrogen-bond acceptors (Lipinski definition) is 6. The molecule has 0 atom stereocenters. The third-order valence-electron chi connectivity index (χ3n) is 4.24. The zero-order valence-corrected chi connectivity index (χ0v) is 16.2. The molecule has 3 aromatic rings. The molecule has 7 heteroatoms. The van der Waals surface area contributed by atoms with Gasteiger partial charge in [0, 0.05) is 17.2 Å². The summed E-state index contributed by atoms with van der Waals surface area (Å²) in [5, 5.41) is 15.2. The lowest BCUT2D eigenvalue weighted by molar-refractivity contribution is -0.385. The van der Waals surface area contributed by atoms with Crippen LogP contribution in [0.3, 0.4) is 0 Å². The van der Waals surface area contributed by atoms with Crippen LogP contribution in [0, 0.1) is 17.0 Å². The van der Waals surface area contributed by atoms with E-state index in [4.69, 9.17) is 9.47 Å². The molecule has 3 aromatic carbocycles. The first kappa shape index (κ1) is 19.9. The van der Waals surface area contributed by atoms with Gasteiger partial charge in [0.2, 0.25) is 0 Å². The summed E-state index contributed by atoms with van der Waals surface area (Å²) in [6, 6.07) is 20.0. The molecule has 3 rings (SSSR count). The Labute approximate surface area is 168 Å². The van der Waals surface area contributed by atoms with Crippen LogP contribution in [-0.4, -0.2) is 18.2 Å². The number of nitro benzene ring substituents is 1. The number of para-hydroxylation sites is 1. The molecule has 0 aliphatic carbocycles. The third kappa shape index (κ3) is 5.32. The van der Waals surface area contributed by atoms with Crippen molar-refractivity contribution in [3.8, 4) is 11.5 Å². The molecule has 0 fully saturated rings. The molecule has 1 N–H and O–H groups in total. The van der Waals surface area contributed by atoms with Gasteiger partial charge in [-0.25, -0.2) is 0 Å². The maximum atomic E-state index is 10.9. The summed E-state index contributed by atoms with van der Waals surface area (Å²) in [6.45, 7) is 1.94. The number of benzene rings is 3. The van der Waals surface area contributed by atoms with Crippen LogP contribution in [-0.2, 0) is 6.61 Å². The number of nitrogens with zero attached hydrogens (tertiary/aromatic N) is 2. The Morgan fingerprint density at radius 2 is 1.90 bits per heavy atom. The Bertz CT molecular complexity index is 1020. The SMILES string of the molecule is COc1ccc(C=NNc2ccccc2)cc1COc1ccc([N+](=O)[O-])c(C)c1. The summed E-state index contributed by atoms with van der Waals surface area (Å²) in [7, 11) is 1.60. The number of methoxy groups -OCH3 is 1. The third-order valence-corrected chi connectivity index (χ3v) is 4.24. The minimum Gasteiger partial charge on any atom is -0.496 e. The van der Waals surface area contributed by atoms with E-state index in [0.29, 0.717) is 17.1 Å². The molecule has 0 saturated heterocycles. The zero-order valence-electron chi connectivity index (χ0n) is 16.2. The fourth-order valence-electron chi connectivity index (χ4n) is 2.77. The quantitative estimate of drug-likeness (QED) is 0.334. The van der Waals surface area contributed by atoms with E-state index in [-0.39, 0.29) is 12.3 Å². The molecule has 0 aliphatic rings. The Balaban J connectivity index is 1.70. The van der Waals surface area contributed by atoms with Crippen LogP contribution in [0.2, 0.25) is 0 Å². The van der Waals surface area contributed by atoms with Crippen LogP contribution in [0.25, 0.3) is 0 Å². The van der Waals surface area contributed by atoms with Gasteiger partial charge in [0.25, 0.3) is 5.69 Å². The van der Waals surface area contributed by atoms with E-state index >= 15 is 0 Å². The molecule has 0 spiro atoms. The summed E-state index contributed by atoms with van der Waals surface area (Å²) in [5.41, 5.74) is 6.21. The van der Waals surface area contributed by atoms with Crippen molar-refractivity contribution in [2.75, 3.05) is 12.5 Å². The number of nitro groups is 1. The van der Waals surface area contributed by atoms with Crippen molar-refractivity contribution in [2.45, 2.75) is 13.5 Å². The van der Waals surface area contributed by atoms with Gasteiger partial charge in [-0.3, -0.25) is 15.5 Å². The average molecular weight is 391 g/mol. The van der Waals surface area contributed by atoms with E-state index in [2.05, 4.69) is 10.5 Å². The van der Waals surface area contributed by atoms with Gasteiger partial charge in [0.15, 0.2) is 0 Å². The molecule has 0 amide bonds. The van der Waals surface area contributed by atoms with Crippen molar-refractivity contribution >= 4 is 17.6 Å². The van der Waals surface area contributed by atoms with Gasteiger partial charge in [-0.2, -0.15) is 5.10 Å². The fraction of sp³-hybridized carbons (Fsp3) is 0.136. The monoisotopic (exact) mass is 391 g/mol. The van der Waals surface area contributed by atoms with Crippen molar-refractivity contribution in [1.29, 1.82) is 0 Å². The normalized spacial score (nSPS) is 10.7. The van der Waals surface area contributed by atoms with Crippen molar-refractivity contribution in [1.82, 2.24) is 0 Å². The van der Waals surface area contributed by atoms with E-state index in [1.165, 1.54) is 6.07 Å². The second kappa shape index (κ2) is 9.36. The topological polar surface area (TPSA) is 86.0 Å². The van der Waals surface area contributed by atoms with E-state index in [1.807, 2.05) is 48.5 Å². The van der Waals surface area contributed by atoms with Crippen LogP contribution in [0.1, 0.15) is 16.7 Å². The number of rotatable bonds is 8. The second-order valence-corrected chi connectivity index (χ2v) is 6.30. The van der Waals surface area contributed by atoms with E-state index in [1.54, 1.807) is 32.4 Å². The lowest BCUT2D eigenvalue weighted by Crippen LogP contribution is -2.01. The number of hydrazone groups is 1. The highest BCUT2D eigenvalue weighted by Crippen LogP contribution is 2.26. The number of nitrogens with one attached hydrogen (secondary N) is 1. The van der Waals surface area contributed by atoms with Crippen molar-refractivity contribution < 1.29 is 14.4 Å². The molecular weight excluding hydrogens is 370 g/mol. The first-order chi connectivity index (χ1) is 14.1. The van der Waals surface area contributed by atoms with Crippen LogP contribution in [0.5, 0.6) is 11.5 Å². The summed E-state index contributed by atoms with van der Waals surface area (Å²) in [6.07, 6.45) is 1.71.